The zero-order valence-electron chi connectivity index (χ0n) is 12.4. The molecule has 1 amide bonds. The van der Waals surface area contributed by atoms with E-state index in [1.165, 1.54) is 0 Å². The number of aliphatic hydroxyl groups is 1. The molecule has 1 rings (SSSR count). The first-order chi connectivity index (χ1) is 9.35. The van der Waals surface area contributed by atoms with Gasteiger partial charge < -0.3 is 15.2 Å². The number of carbonyl (C=O) groups is 1. The number of aliphatic hydroxyl groups excluding tert-OH is 1. The van der Waals surface area contributed by atoms with Gasteiger partial charge in [-0.1, -0.05) is 18.5 Å². The minimum atomic E-state index is -0.206. The van der Waals surface area contributed by atoms with Crippen molar-refractivity contribution in [3.63, 3.8) is 0 Å². The van der Waals surface area contributed by atoms with Gasteiger partial charge in [0.2, 0.25) is 0 Å². The van der Waals surface area contributed by atoms with Crippen LogP contribution in [0.4, 0.5) is 0 Å². The van der Waals surface area contributed by atoms with E-state index >= 15 is 0 Å². The Morgan fingerprint density at radius 1 is 1.35 bits per heavy atom. The Morgan fingerprint density at radius 2 is 1.90 bits per heavy atom. The highest BCUT2D eigenvalue weighted by Crippen LogP contribution is 2.25. The summed E-state index contributed by atoms with van der Waals surface area (Å²) >= 11 is 6.07. The van der Waals surface area contributed by atoms with Crippen LogP contribution in [-0.2, 0) is 4.79 Å². The van der Waals surface area contributed by atoms with Crippen molar-refractivity contribution in [2.75, 3.05) is 13.2 Å². The number of hydrogen-bond donors (Lipinski definition) is 2. The second-order valence-electron chi connectivity index (χ2n) is 5.18. The Morgan fingerprint density at radius 3 is 2.40 bits per heavy atom. The Labute approximate surface area is 125 Å². The van der Waals surface area contributed by atoms with Crippen LogP contribution in [0.3, 0.4) is 0 Å². The molecule has 112 valence electrons. The zero-order valence-corrected chi connectivity index (χ0v) is 13.1. The summed E-state index contributed by atoms with van der Waals surface area (Å²) in [4.78, 5) is 11.7. The predicted molar refractivity (Wildman–Crippen MR) is 80.3 cm³/mol. The lowest BCUT2D eigenvalue weighted by Crippen LogP contribution is -2.40. The molecule has 0 spiro atoms. The summed E-state index contributed by atoms with van der Waals surface area (Å²) in [5, 5.41) is 12.5. The van der Waals surface area contributed by atoms with Crippen molar-refractivity contribution in [3.8, 4) is 5.75 Å². The molecule has 0 saturated heterocycles. The highest BCUT2D eigenvalue weighted by molar-refractivity contribution is 6.32. The highest BCUT2D eigenvalue weighted by Gasteiger charge is 2.14. The third-order valence-electron chi connectivity index (χ3n) is 3.31. The van der Waals surface area contributed by atoms with E-state index in [0.717, 1.165) is 11.1 Å². The summed E-state index contributed by atoms with van der Waals surface area (Å²) in [5.74, 6) is 0.435. The Bertz CT molecular complexity index is 453. The van der Waals surface area contributed by atoms with E-state index in [1.54, 1.807) is 0 Å². The Hall–Kier alpha value is -1.26. The summed E-state index contributed by atoms with van der Waals surface area (Å²) in [6.45, 7) is 7.51. The van der Waals surface area contributed by atoms with E-state index in [-0.39, 0.29) is 31.1 Å². The molecule has 2 atom stereocenters. The maximum absolute atomic E-state index is 11.7. The number of hydrogen-bond acceptors (Lipinski definition) is 3. The maximum atomic E-state index is 11.7. The number of benzene rings is 1. The van der Waals surface area contributed by atoms with E-state index in [0.29, 0.717) is 10.8 Å². The van der Waals surface area contributed by atoms with Crippen molar-refractivity contribution in [1.82, 2.24) is 5.32 Å². The number of carbonyl (C=O) groups excluding carboxylic acids is 1. The van der Waals surface area contributed by atoms with E-state index in [4.69, 9.17) is 21.4 Å². The van der Waals surface area contributed by atoms with Crippen LogP contribution < -0.4 is 10.1 Å². The summed E-state index contributed by atoms with van der Waals surface area (Å²) in [6, 6.07) is 3.52. The predicted octanol–water partition coefficient (Wildman–Crippen LogP) is 2.47. The standard InChI is InChI=1S/C15H22ClNO3/c1-9-5-13(6-10(2)15(9)16)20-8-14(19)17-12(4)11(3)7-18/h5-6,11-12,18H,7-8H2,1-4H3,(H,17,19). The largest absolute Gasteiger partial charge is 0.484 e. The molecule has 0 radical (unpaired) electrons. The fourth-order valence-electron chi connectivity index (χ4n) is 1.73. The van der Waals surface area contributed by atoms with Gasteiger partial charge in [-0.3, -0.25) is 4.79 Å². The fourth-order valence-corrected chi connectivity index (χ4v) is 1.84. The molecule has 0 aliphatic rings. The molecular formula is C15H22ClNO3. The third-order valence-corrected chi connectivity index (χ3v) is 3.91. The van der Waals surface area contributed by atoms with Crippen molar-refractivity contribution in [2.45, 2.75) is 33.7 Å². The van der Waals surface area contributed by atoms with Crippen molar-refractivity contribution in [3.05, 3.63) is 28.3 Å². The number of aryl methyl sites for hydroxylation is 2. The molecule has 0 saturated carbocycles. The van der Waals surface area contributed by atoms with Gasteiger partial charge in [-0.25, -0.2) is 0 Å². The smallest absolute Gasteiger partial charge is 0.258 e. The van der Waals surface area contributed by atoms with Gasteiger partial charge in [-0.2, -0.15) is 0 Å². The minimum Gasteiger partial charge on any atom is -0.484 e. The zero-order chi connectivity index (χ0) is 15.3. The number of halogens is 1. The SMILES string of the molecule is Cc1cc(OCC(=O)NC(C)C(C)CO)cc(C)c1Cl. The molecule has 0 heterocycles. The number of amides is 1. The van der Waals surface area contributed by atoms with E-state index < -0.39 is 0 Å². The molecule has 2 N–H and O–H groups in total. The maximum Gasteiger partial charge on any atom is 0.258 e. The highest BCUT2D eigenvalue weighted by atomic mass is 35.5. The van der Waals surface area contributed by atoms with E-state index in [2.05, 4.69) is 5.32 Å². The normalized spacial score (nSPS) is 13.7. The average molecular weight is 300 g/mol. The summed E-state index contributed by atoms with van der Waals surface area (Å²) < 4.78 is 5.47. The Kier molecular flexibility index (Phi) is 6.30. The number of nitrogens with one attached hydrogen (secondary N) is 1. The summed E-state index contributed by atoms with van der Waals surface area (Å²) in [5.41, 5.74) is 1.84. The molecule has 20 heavy (non-hydrogen) atoms. The molecule has 0 bridgehead atoms. The van der Waals surface area contributed by atoms with Gasteiger partial charge in [0, 0.05) is 17.7 Å². The van der Waals surface area contributed by atoms with Crippen LogP contribution in [0.15, 0.2) is 12.1 Å². The van der Waals surface area contributed by atoms with Gasteiger partial charge in [0.05, 0.1) is 0 Å². The molecule has 0 aromatic heterocycles. The van der Waals surface area contributed by atoms with Crippen LogP contribution in [0.1, 0.15) is 25.0 Å². The number of ether oxygens (including phenoxy) is 1. The quantitative estimate of drug-likeness (QED) is 0.848. The van der Waals surface area contributed by atoms with Gasteiger partial charge >= 0.3 is 0 Å². The van der Waals surface area contributed by atoms with Crippen molar-refractivity contribution in [1.29, 1.82) is 0 Å². The van der Waals surface area contributed by atoms with Crippen LogP contribution in [0.25, 0.3) is 0 Å². The molecule has 0 fully saturated rings. The van der Waals surface area contributed by atoms with Crippen LogP contribution in [0.2, 0.25) is 5.02 Å². The lowest BCUT2D eigenvalue weighted by atomic mass is 10.1. The molecule has 5 heteroatoms. The first-order valence-corrected chi connectivity index (χ1v) is 7.02. The topological polar surface area (TPSA) is 58.6 Å². The van der Waals surface area contributed by atoms with Gasteiger partial charge in [-0.15, -0.1) is 0 Å². The van der Waals surface area contributed by atoms with Crippen molar-refractivity contribution in [2.24, 2.45) is 5.92 Å². The van der Waals surface area contributed by atoms with E-state index in [9.17, 15) is 4.79 Å². The molecule has 4 nitrogen and oxygen atoms in total. The van der Waals surface area contributed by atoms with Crippen LogP contribution in [-0.4, -0.2) is 30.3 Å². The van der Waals surface area contributed by atoms with Gasteiger partial charge in [0.1, 0.15) is 5.75 Å². The molecule has 1 aromatic carbocycles. The van der Waals surface area contributed by atoms with Crippen LogP contribution >= 0.6 is 11.6 Å². The first kappa shape index (κ1) is 16.8. The van der Waals surface area contributed by atoms with Gasteiger partial charge in [0.15, 0.2) is 6.61 Å². The molecule has 2 unspecified atom stereocenters. The van der Waals surface area contributed by atoms with Crippen LogP contribution in [0, 0.1) is 19.8 Å². The van der Waals surface area contributed by atoms with Crippen molar-refractivity contribution < 1.29 is 14.6 Å². The summed E-state index contributed by atoms with van der Waals surface area (Å²) in [6.07, 6.45) is 0. The van der Waals surface area contributed by atoms with Gasteiger partial charge in [-0.05, 0) is 49.9 Å². The lowest BCUT2D eigenvalue weighted by Gasteiger charge is -2.19. The molecule has 0 aliphatic carbocycles. The Balaban J connectivity index is 2.53. The fraction of sp³-hybridized carbons (Fsp3) is 0.533. The summed E-state index contributed by atoms with van der Waals surface area (Å²) in [7, 11) is 0. The molecule has 0 aliphatic heterocycles. The molecule has 1 aromatic rings. The second-order valence-corrected chi connectivity index (χ2v) is 5.55. The first-order valence-electron chi connectivity index (χ1n) is 6.65. The van der Waals surface area contributed by atoms with Crippen LogP contribution in [0.5, 0.6) is 5.75 Å². The minimum absolute atomic E-state index is 0.0129. The van der Waals surface area contributed by atoms with Gasteiger partial charge in [0.25, 0.3) is 5.91 Å². The van der Waals surface area contributed by atoms with E-state index in [1.807, 2.05) is 39.8 Å². The third kappa shape index (κ3) is 4.69. The second kappa shape index (κ2) is 7.50. The monoisotopic (exact) mass is 299 g/mol. The lowest BCUT2D eigenvalue weighted by molar-refractivity contribution is -0.124. The van der Waals surface area contributed by atoms with Crippen molar-refractivity contribution >= 4 is 17.5 Å². The average Bonchev–Trinajstić information content (AvgIpc) is 2.41. The molecular weight excluding hydrogens is 278 g/mol. The number of rotatable bonds is 6.